The van der Waals surface area contributed by atoms with Gasteiger partial charge in [0.25, 0.3) is 0 Å². The Morgan fingerprint density at radius 3 is 2.72 bits per heavy atom. The highest BCUT2D eigenvalue weighted by atomic mass is 16.5. The fourth-order valence-corrected chi connectivity index (χ4v) is 3.01. The zero-order valence-electron chi connectivity index (χ0n) is 15.0. The van der Waals surface area contributed by atoms with E-state index in [1.165, 1.54) is 11.1 Å². The molecule has 25 heavy (non-hydrogen) atoms. The molecule has 1 aliphatic heterocycles. The summed E-state index contributed by atoms with van der Waals surface area (Å²) in [5, 5.41) is 6.73. The first-order chi connectivity index (χ1) is 12.2. The number of nitrogens with zero attached hydrogens (tertiary/aromatic N) is 3. The minimum atomic E-state index is -0.0768. The molecule has 0 aliphatic carbocycles. The molecular weight excluding hydrogens is 314 g/mol. The molecular formula is C19H27N5O. The number of guanidine groups is 1. The third-order valence-electron chi connectivity index (χ3n) is 4.56. The number of aliphatic imine (C=N–C) groups is 1. The minimum Gasteiger partial charge on any atom is -0.373 e. The molecule has 1 aliphatic rings. The van der Waals surface area contributed by atoms with Crippen LogP contribution in [0.5, 0.6) is 0 Å². The smallest absolute Gasteiger partial charge is 0.191 e. The first-order valence-corrected chi connectivity index (χ1v) is 8.79. The average molecular weight is 341 g/mol. The Balaban J connectivity index is 1.46. The molecule has 1 atom stereocenters. The van der Waals surface area contributed by atoms with Crippen molar-refractivity contribution in [2.75, 3.05) is 20.2 Å². The number of nitrogens with one attached hydrogen (secondary N) is 2. The van der Waals surface area contributed by atoms with Gasteiger partial charge in [0.05, 0.1) is 11.9 Å². The maximum Gasteiger partial charge on any atom is 0.191 e. The molecule has 0 radical (unpaired) electrons. The Morgan fingerprint density at radius 2 is 2.08 bits per heavy atom. The van der Waals surface area contributed by atoms with Crippen LogP contribution in [0, 0.1) is 0 Å². The number of ether oxygens (including phenoxy) is 1. The summed E-state index contributed by atoms with van der Waals surface area (Å²) in [4.78, 5) is 8.36. The molecule has 0 saturated carbocycles. The standard InChI is InChI=1S/C19H27N5O/c1-19(8-3-11-25-19)14-23-18(20-2)22-12-16-4-6-17(7-5-16)13-24-10-9-21-15-24/h4-7,9-10,15H,3,8,11-14H2,1-2H3,(H2,20,22,23). The van der Waals surface area contributed by atoms with E-state index in [1.807, 2.05) is 12.5 Å². The fourth-order valence-electron chi connectivity index (χ4n) is 3.01. The van der Waals surface area contributed by atoms with E-state index in [4.69, 9.17) is 4.74 Å². The molecule has 3 rings (SSSR count). The second-order valence-electron chi connectivity index (χ2n) is 6.73. The summed E-state index contributed by atoms with van der Waals surface area (Å²) in [5.74, 6) is 0.805. The Hall–Kier alpha value is -2.34. The predicted molar refractivity (Wildman–Crippen MR) is 99.6 cm³/mol. The van der Waals surface area contributed by atoms with Crippen LogP contribution in [0.4, 0.5) is 0 Å². The number of aromatic nitrogens is 2. The van der Waals surface area contributed by atoms with E-state index in [0.717, 1.165) is 45.0 Å². The summed E-state index contributed by atoms with van der Waals surface area (Å²) < 4.78 is 7.86. The number of benzene rings is 1. The first-order valence-electron chi connectivity index (χ1n) is 8.79. The molecule has 134 valence electrons. The van der Waals surface area contributed by atoms with E-state index in [0.29, 0.717) is 0 Å². The van der Waals surface area contributed by atoms with Gasteiger partial charge in [0, 0.05) is 45.7 Å². The third-order valence-corrected chi connectivity index (χ3v) is 4.56. The van der Waals surface area contributed by atoms with Gasteiger partial charge in [-0.15, -0.1) is 0 Å². The molecule has 1 aromatic heterocycles. The third kappa shape index (κ3) is 5.06. The molecule has 1 saturated heterocycles. The van der Waals surface area contributed by atoms with Gasteiger partial charge in [-0.2, -0.15) is 0 Å². The summed E-state index contributed by atoms with van der Waals surface area (Å²) >= 11 is 0. The van der Waals surface area contributed by atoms with Crippen LogP contribution in [0.1, 0.15) is 30.9 Å². The molecule has 6 heteroatoms. The normalized spacial score (nSPS) is 20.6. The van der Waals surface area contributed by atoms with Crippen LogP contribution in [-0.4, -0.2) is 41.3 Å². The molecule has 2 heterocycles. The Bertz CT molecular complexity index is 672. The molecule has 1 aromatic carbocycles. The van der Waals surface area contributed by atoms with Crippen molar-refractivity contribution in [3.63, 3.8) is 0 Å². The van der Waals surface area contributed by atoms with E-state index in [2.05, 4.69) is 56.4 Å². The zero-order valence-corrected chi connectivity index (χ0v) is 15.0. The van der Waals surface area contributed by atoms with Crippen LogP contribution < -0.4 is 10.6 Å². The summed E-state index contributed by atoms with van der Waals surface area (Å²) in [7, 11) is 1.79. The van der Waals surface area contributed by atoms with Crippen molar-refractivity contribution >= 4 is 5.96 Å². The lowest BCUT2D eigenvalue weighted by Gasteiger charge is -2.24. The molecule has 0 spiro atoms. The first kappa shape index (κ1) is 17.5. The fraction of sp³-hybridized carbons (Fsp3) is 0.474. The molecule has 0 bridgehead atoms. The van der Waals surface area contributed by atoms with Crippen molar-refractivity contribution in [2.24, 2.45) is 4.99 Å². The van der Waals surface area contributed by atoms with E-state index < -0.39 is 0 Å². The maximum absolute atomic E-state index is 5.80. The number of hydrogen-bond acceptors (Lipinski definition) is 3. The lowest BCUT2D eigenvalue weighted by atomic mass is 10.0. The predicted octanol–water partition coefficient (Wildman–Crippen LogP) is 2.17. The molecule has 1 unspecified atom stereocenters. The second kappa shape index (κ2) is 8.16. The highest BCUT2D eigenvalue weighted by Gasteiger charge is 2.29. The van der Waals surface area contributed by atoms with Crippen molar-refractivity contribution in [1.82, 2.24) is 20.2 Å². The molecule has 2 N–H and O–H groups in total. The number of imidazole rings is 1. The van der Waals surface area contributed by atoms with Crippen LogP contribution >= 0.6 is 0 Å². The largest absolute Gasteiger partial charge is 0.373 e. The SMILES string of the molecule is CN=C(NCc1ccc(Cn2ccnc2)cc1)NCC1(C)CCCO1. The van der Waals surface area contributed by atoms with E-state index >= 15 is 0 Å². The lowest BCUT2D eigenvalue weighted by molar-refractivity contribution is 0.0243. The van der Waals surface area contributed by atoms with Crippen molar-refractivity contribution < 1.29 is 4.74 Å². The average Bonchev–Trinajstić information content (AvgIpc) is 3.29. The highest BCUT2D eigenvalue weighted by Crippen LogP contribution is 2.23. The van der Waals surface area contributed by atoms with E-state index in [1.54, 1.807) is 13.2 Å². The topological polar surface area (TPSA) is 63.5 Å². The highest BCUT2D eigenvalue weighted by molar-refractivity contribution is 5.79. The van der Waals surface area contributed by atoms with Crippen molar-refractivity contribution in [3.8, 4) is 0 Å². The van der Waals surface area contributed by atoms with Gasteiger partial charge in [-0.05, 0) is 30.9 Å². The number of rotatable bonds is 6. The van der Waals surface area contributed by atoms with Gasteiger partial charge in [-0.1, -0.05) is 24.3 Å². The van der Waals surface area contributed by atoms with Crippen LogP contribution in [0.15, 0.2) is 48.0 Å². The number of hydrogen-bond donors (Lipinski definition) is 2. The van der Waals surface area contributed by atoms with Crippen molar-refractivity contribution in [3.05, 3.63) is 54.1 Å². The quantitative estimate of drug-likeness (QED) is 0.624. The van der Waals surface area contributed by atoms with Crippen molar-refractivity contribution in [1.29, 1.82) is 0 Å². The van der Waals surface area contributed by atoms with Gasteiger partial charge in [-0.25, -0.2) is 4.98 Å². The van der Waals surface area contributed by atoms with Crippen LogP contribution in [0.25, 0.3) is 0 Å². The summed E-state index contributed by atoms with van der Waals surface area (Å²) in [6, 6.07) is 8.60. The van der Waals surface area contributed by atoms with Gasteiger partial charge < -0.3 is 19.9 Å². The summed E-state index contributed by atoms with van der Waals surface area (Å²) in [6.45, 7) is 5.36. The summed E-state index contributed by atoms with van der Waals surface area (Å²) in [6.07, 6.45) is 7.83. The van der Waals surface area contributed by atoms with Gasteiger partial charge in [0.2, 0.25) is 0 Å². The molecule has 1 fully saturated rings. The van der Waals surface area contributed by atoms with Crippen LogP contribution in [0.3, 0.4) is 0 Å². The maximum atomic E-state index is 5.80. The van der Waals surface area contributed by atoms with Gasteiger partial charge in [0.15, 0.2) is 5.96 Å². The Morgan fingerprint density at radius 1 is 1.28 bits per heavy atom. The molecule has 6 nitrogen and oxygen atoms in total. The Kier molecular flexibility index (Phi) is 5.71. The molecule has 2 aromatic rings. The lowest BCUT2D eigenvalue weighted by Crippen LogP contribution is -2.45. The van der Waals surface area contributed by atoms with Crippen molar-refractivity contribution in [2.45, 2.75) is 38.5 Å². The van der Waals surface area contributed by atoms with Crippen LogP contribution in [-0.2, 0) is 17.8 Å². The second-order valence-corrected chi connectivity index (χ2v) is 6.73. The summed E-state index contributed by atoms with van der Waals surface area (Å²) in [5.41, 5.74) is 2.41. The minimum absolute atomic E-state index is 0.0768. The van der Waals surface area contributed by atoms with Gasteiger partial charge in [-0.3, -0.25) is 4.99 Å². The van der Waals surface area contributed by atoms with Crippen LogP contribution in [0.2, 0.25) is 0 Å². The molecule has 0 amide bonds. The monoisotopic (exact) mass is 341 g/mol. The Labute approximate surface area is 149 Å². The zero-order chi connectivity index (χ0) is 17.5. The van der Waals surface area contributed by atoms with E-state index in [9.17, 15) is 0 Å². The van der Waals surface area contributed by atoms with Gasteiger partial charge in [0.1, 0.15) is 0 Å². The van der Waals surface area contributed by atoms with E-state index in [-0.39, 0.29) is 5.60 Å². The van der Waals surface area contributed by atoms with Gasteiger partial charge >= 0.3 is 0 Å².